The molecule has 5 heteroatoms. The first-order chi connectivity index (χ1) is 11.3. The lowest BCUT2D eigenvalue weighted by Gasteiger charge is -2.42. The van der Waals surface area contributed by atoms with Crippen LogP contribution in [0.1, 0.15) is 51.4 Å². The number of hydrogen-bond acceptors (Lipinski definition) is 4. The Bertz CT molecular complexity index is 370. The average molecular weight is 323 g/mol. The minimum Gasteiger partial charge on any atom is -0.379 e. The zero-order chi connectivity index (χ0) is 16.0. The monoisotopic (exact) mass is 323 g/mol. The van der Waals surface area contributed by atoms with Crippen molar-refractivity contribution in [3.8, 4) is 0 Å². The molecule has 0 aromatic heterocycles. The largest absolute Gasteiger partial charge is 0.379 e. The van der Waals surface area contributed by atoms with Crippen LogP contribution in [0.3, 0.4) is 0 Å². The highest BCUT2D eigenvalue weighted by atomic mass is 16.5. The molecule has 5 nitrogen and oxygen atoms in total. The van der Waals surface area contributed by atoms with E-state index >= 15 is 0 Å². The fourth-order valence-corrected chi connectivity index (χ4v) is 4.44. The van der Waals surface area contributed by atoms with Crippen LogP contribution in [0.2, 0.25) is 0 Å². The van der Waals surface area contributed by atoms with E-state index in [0.29, 0.717) is 12.5 Å². The third kappa shape index (κ3) is 5.16. The fraction of sp³-hybridized carbons (Fsp3) is 0.944. The third-order valence-corrected chi connectivity index (χ3v) is 5.83. The molecule has 23 heavy (non-hydrogen) atoms. The summed E-state index contributed by atoms with van der Waals surface area (Å²) in [5.41, 5.74) is 0.286. The molecule has 1 atom stereocenters. The van der Waals surface area contributed by atoms with E-state index in [-0.39, 0.29) is 11.3 Å². The average Bonchev–Trinajstić information content (AvgIpc) is 3.08. The van der Waals surface area contributed by atoms with Crippen molar-refractivity contribution in [2.45, 2.75) is 57.4 Å². The van der Waals surface area contributed by atoms with Crippen molar-refractivity contribution < 1.29 is 9.53 Å². The standard InChI is InChI=1S/C18H33N3O2/c22-17(13-16-5-4-8-19-16)20-14-18(6-2-1-3-7-18)15-21-9-11-23-12-10-21/h16,19H,1-15H2,(H,20,22). The number of carbonyl (C=O) groups is 1. The van der Waals surface area contributed by atoms with Crippen molar-refractivity contribution in [1.29, 1.82) is 0 Å². The van der Waals surface area contributed by atoms with Crippen LogP contribution in [0, 0.1) is 5.41 Å². The molecule has 0 bridgehead atoms. The number of rotatable bonds is 6. The molecule has 0 radical (unpaired) electrons. The van der Waals surface area contributed by atoms with Gasteiger partial charge in [0.2, 0.25) is 5.91 Å². The van der Waals surface area contributed by atoms with Crippen molar-refractivity contribution in [1.82, 2.24) is 15.5 Å². The summed E-state index contributed by atoms with van der Waals surface area (Å²) >= 11 is 0. The first-order valence-electron chi connectivity index (χ1n) is 9.56. The Labute approximate surface area is 140 Å². The van der Waals surface area contributed by atoms with E-state index in [2.05, 4.69) is 15.5 Å². The Hall–Kier alpha value is -0.650. The SMILES string of the molecule is O=C(CC1CCCN1)NCC1(CN2CCOCC2)CCCCC1. The van der Waals surface area contributed by atoms with Gasteiger partial charge in [-0.25, -0.2) is 0 Å². The predicted octanol–water partition coefficient (Wildman–Crippen LogP) is 1.53. The van der Waals surface area contributed by atoms with Crippen molar-refractivity contribution in [2.24, 2.45) is 5.41 Å². The maximum absolute atomic E-state index is 12.3. The lowest BCUT2D eigenvalue weighted by molar-refractivity contribution is -0.122. The summed E-state index contributed by atoms with van der Waals surface area (Å²) < 4.78 is 5.48. The molecular formula is C18H33N3O2. The van der Waals surface area contributed by atoms with Crippen LogP contribution in [0.15, 0.2) is 0 Å². The summed E-state index contributed by atoms with van der Waals surface area (Å²) in [7, 11) is 0. The Morgan fingerprint density at radius 2 is 1.96 bits per heavy atom. The molecule has 3 rings (SSSR count). The van der Waals surface area contributed by atoms with Gasteiger partial charge in [-0.2, -0.15) is 0 Å². The second-order valence-corrected chi connectivity index (χ2v) is 7.72. The second kappa shape index (κ2) is 8.45. The molecule has 0 aromatic carbocycles. The molecule has 1 amide bonds. The third-order valence-electron chi connectivity index (χ3n) is 5.83. The van der Waals surface area contributed by atoms with Crippen LogP contribution in [-0.4, -0.2) is 62.8 Å². The smallest absolute Gasteiger partial charge is 0.221 e. The van der Waals surface area contributed by atoms with E-state index in [0.717, 1.165) is 52.4 Å². The predicted molar refractivity (Wildman–Crippen MR) is 91.4 cm³/mol. The Kier molecular flexibility index (Phi) is 6.31. The maximum Gasteiger partial charge on any atom is 0.221 e. The number of carbonyl (C=O) groups excluding carboxylic acids is 1. The molecule has 1 unspecified atom stereocenters. The van der Waals surface area contributed by atoms with Gasteiger partial charge in [0, 0.05) is 44.1 Å². The second-order valence-electron chi connectivity index (χ2n) is 7.72. The van der Waals surface area contributed by atoms with Crippen LogP contribution < -0.4 is 10.6 Å². The molecule has 3 fully saturated rings. The normalized spacial score (nSPS) is 28.6. The van der Waals surface area contributed by atoms with Gasteiger partial charge in [-0.15, -0.1) is 0 Å². The summed E-state index contributed by atoms with van der Waals surface area (Å²) in [4.78, 5) is 14.8. The number of hydrogen-bond donors (Lipinski definition) is 2. The number of nitrogens with one attached hydrogen (secondary N) is 2. The van der Waals surface area contributed by atoms with Crippen molar-refractivity contribution in [3.05, 3.63) is 0 Å². The van der Waals surface area contributed by atoms with Gasteiger partial charge in [0.05, 0.1) is 13.2 Å². The minimum absolute atomic E-state index is 0.233. The van der Waals surface area contributed by atoms with Gasteiger partial charge in [-0.05, 0) is 32.2 Å². The first kappa shape index (κ1) is 17.2. The lowest BCUT2D eigenvalue weighted by Crippen LogP contribution is -2.49. The number of morpholine rings is 1. The van der Waals surface area contributed by atoms with Gasteiger partial charge in [-0.3, -0.25) is 9.69 Å². The van der Waals surface area contributed by atoms with Crippen LogP contribution >= 0.6 is 0 Å². The Morgan fingerprint density at radius 3 is 2.65 bits per heavy atom. The molecule has 0 aromatic rings. The number of ether oxygens (including phenoxy) is 1. The molecule has 3 aliphatic rings. The van der Waals surface area contributed by atoms with Crippen molar-refractivity contribution >= 4 is 5.91 Å². The molecule has 2 saturated heterocycles. The summed E-state index contributed by atoms with van der Waals surface area (Å²) in [5.74, 6) is 0.233. The zero-order valence-electron chi connectivity index (χ0n) is 14.4. The van der Waals surface area contributed by atoms with Gasteiger partial charge < -0.3 is 15.4 Å². The topological polar surface area (TPSA) is 53.6 Å². The molecule has 1 saturated carbocycles. The molecule has 0 spiro atoms. The van der Waals surface area contributed by atoms with Gasteiger partial charge in [0.15, 0.2) is 0 Å². The van der Waals surface area contributed by atoms with Crippen molar-refractivity contribution in [3.63, 3.8) is 0 Å². The highest BCUT2D eigenvalue weighted by molar-refractivity contribution is 5.76. The molecule has 132 valence electrons. The van der Waals surface area contributed by atoms with E-state index in [1.54, 1.807) is 0 Å². The maximum atomic E-state index is 12.3. The molecule has 2 aliphatic heterocycles. The van der Waals surface area contributed by atoms with E-state index < -0.39 is 0 Å². The summed E-state index contributed by atoms with van der Waals surface area (Å²) in [6.07, 6.45) is 9.48. The van der Waals surface area contributed by atoms with Gasteiger partial charge >= 0.3 is 0 Å². The molecular weight excluding hydrogens is 290 g/mol. The summed E-state index contributed by atoms with van der Waals surface area (Å²) in [5, 5.41) is 6.69. The number of nitrogens with zero attached hydrogens (tertiary/aromatic N) is 1. The van der Waals surface area contributed by atoms with Gasteiger partial charge in [-0.1, -0.05) is 19.3 Å². The Morgan fingerprint density at radius 1 is 1.17 bits per heavy atom. The van der Waals surface area contributed by atoms with Gasteiger partial charge in [0.25, 0.3) is 0 Å². The number of amides is 1. The molecule has 1 aliphatic carbocycles. The van der Waals surface area contributed by atoms with Gasteiger partial charge in [0.1, 0.15) is 0 Å². The summed E-state index contributed by atoms with van der Waals surface area (Å²) in [6.45, 7) is 6.85. The van der Waals surface area contributed by atoms with Crippen LogP contribution in [0.25, 0.3) is 0 Å². The highest BCUT2D eigenvalue weighted by Crippen LogP contribution is 2.36. The van der Waals surface area contributed by atoms with Crippen LogP contribution in [0.5, 0.6) is 0 Å². The molecule has 2 heterocycles. The Balaban J connectivity index is 1.49. The zero-order valence-corrected chi connectivity index (χ0v) is 14.4. The highest BCUT2D eigenvalue weighted by Gasteiger charge is 2.34. The van der Waals surface area contributed by atoms with E-state index in [1.165, 1.54) is 38.5 Å². The quantitative estimate of drug-likeness (QED) is 0.778. The van der Waals surface area contributed by atoms with E-state index in [9.17, 15) is 4.79 Å². The van der Waals surface area contributed by atoms with E-state index in [4.69, 9.17) is 4.74 Å². The first-order valence-corrected chi connectivity index (χ1v) is 9.56. The van der Waals surface area contributed by atoms with Crippen molar-refractivity contribution in [2.75, 3.05) is 45.9 Å². The van der Waals surface area contributed by atoms with Crippen LogP contribution in [0.4, 0.5) is 0 Å². The fourth-order valence-electron chi connectivity index (χ4n) is 4.44. The molecule has 2 N–H and O–H groups in total. The summed E-state index contributed by atoms with van der Waals surface area (Å²) in [6, 6.07) is 0.400. The minimum atomic E-state index is 0.233. The van der Waals surface area contributed by atoms with E-state index in [1.807, 2.05) is 0 Å². The lowest BCUT2D eigenvalue weighted by atomic mass is 9.73. The van der Waals surface area contributed by atoms with Crippen LogP contribution in [-0.2, 0) is 9.53 Å².